The van der Waals surface area contributed by atoms with E-state index in [1.165, 1.54) is 12.3 Å². The number of nitro groups is 1. The molecule has 0 radical (unpaired) electrons. The average molecular weight is 245 g/mol. The third-order valence-electron chi connectivity index (χ3n) is 2.32. The van der Waals surface area contributed by atoms with Crippen molar-refractivity contribution in [2.75, 3.05) is 11.1 Å². The van der Waals surface area contributed by atoms with Crippen molar-refractivity contribution in [1.29, 1.82) is 0 Å². The molecule has 1 heterocycles. The molecule has 92 valence electrons. The SMILES string of the molecule is Nc1nccc(NCc2ccccc2[N+](=O)[O-])n1. The Morgan fingerprint density at radius 3 is 2.83 bits per heavy atom. The number of para-hydroxylation sites is 1. The lowest BCUT2D eigenvalue weighted by Gasteiger charge is -2.06. The molecule has 0 aliphatic heterocycles. The van der Waals surface area contributed by atoms with Gasteiger partial charge in [0.15, 0.2) is 0 Å². The summed E-state index contributed by atoms with van der Waals surface area (Å²) in [6.07, 6.45) is 1.52. The number of hydrogen-bond acceptors (Lipinski definition) is 6. The van der Waals surface area contributed by atoms with Crippen molar-refractivity contribution in [3.05, 3.63) is 52.2 Å². The summed E-state index contributed by atoms with van der Waals surface area (Å²) >= 11 is 0. The Kier molecular flexibility index (Phi) is 3.33. The van der Waals surface area contributed by atoms with Crippen molar-refractivity contribution in [2.45, 2.75) is 6.54 Å². The predicted octanol–water partition coefficient (Wildman–Crippen LogP) is 1.58. The molecule has 0 spiro atoms. The van der Waals surface area contributed by atoms with Crippen LogP contribution in [0.25, 0.3) is 0 Å². The molecule has 0 aliphatic rings. The van der Waals surface area contributed by atoms with E-state index in [1.807, 2.05) is 0 Å². The van der Waals surface area contributed by atoms with Crippen molar-refractivity contribution in [1.82, 2.24) is 9.97 Å². The van der Waals surface area contributed by atoms with Gasteiger partial charge in [0.05, 0.1) is 4.92 Å². The Morgan fingerprint density at radius 2 is 2.11 bits per heavy atom. The van der Waals surface area contributed by atoms with Crippen LogP contribution in [0.5, 0.6) is 0 Å². The number of nitrogens with one attached hydrogen (secondary N) is 1. The number of nitrogens with two attached hydrogens (primary N) is 1. The molecule has 0 aliphatic carbocycles. The molecule has 0 fully saturated rings. The fraction of sp³-hybridized carbons (Fsp3) is 0.0909. The largest absolute Gasteiger partial charge is 0.368 e. The van der Waals surface area contributed by atoms with Gasteiger partial charge in [-0.05, 0) is 6.07 Å². The Bertz CT molecular complexity index is 573. The maximum Gasteiger partial charge on any atom is 0.274 e. The zero-order valence-corrected chi connectivity index (χ0v) is 9.41. The topological polar surface area (TPSA) is 107 Å². The first-order chi connectivity index (χ1) is 8.66. The van der Waals surface area contributed by atoms with Gasteiger partial charge >= 0.3 is 0 Å². The average Bonchev–Trinajstić information content (AvgIpc) is 2.37. The van der Waals surface area contributed by atoms with E-state index in [2.05, 4.69) is 15.3 Å². The molecule has 0 amide bonds. The number of anilines is 2. The molecule has 1 aromatic heterocycles. The van der Waals surface area contributed by atoms with E-state index in [0.29, 0.717) is 17.9 Å². The van der Waals surface area contributed by atoms with Crippen LogP contribution in [0, 0.1) is 10.1 Å². The van der Waals surface area contributed by atoms with Gasteiger partial charge in [-0.25, -0.2) is 4.98 Å². The normalized spacial score (nSPS) is 10.0. The summed E-state index contributed by atoms with van der Waals surface area (Å²) < 4.78 is 0. The zero-order valence-electron chi connectivity index (χ0n) is 9.41. The second-order valence-electron chi connectivity index (χ2n) is 3.54. The second kappa shape index (κ2) is 5.09. The van der Waals surface area contributed by atoms with Gasteiger partial charge in [-0.1, -0.05) is 18.2 Å². The second-order valence-corrected chi connectivity index (χ2v) is 3.54. The monoisotopic (exact) mass is 245 g/mol. The highest BCUT2D eigenvalue weighted by atomic mass is 16.6. The van der Waals surface area contributed by atoms with Crippen LogP contribution < -0.4 is 11.1 Å². The van der Waals surface area contributed by atoms with Gasteiger partial charge < -0.3 is 11.1 Å². The zero-order chi connectivity index (χ0) is 13.0. The van der Waals surface area contributed by atoms with E-state index in [-0.39, 0.29) is 11.6 Å². The van der Waals surface area contributed by atoms with Gasteiger partial charge in [-0.2, -0.15) is 4.98 Å². The van der Waals surface area contributed by atoms with Gasteiger partial charge in [0.1, 0.15) is 5.82 Å². The van der Waals surface area contributed by atoms with E-state index in [4.69, 9.17) is 5.73 Å². The van der Waals surface area contributed by atoms with E-state index < -0.39 is 4.92 Å². The lowest BCUT2D eigenvalue weighted by atomic mass is 10.2. The minimum absolute atomic E-state index is 0.0760. The lowest BCUT2D eigenvalue weighted by Crippen LogP contribution is -2.05. The maximum atomic E-state index is 10.8. The van der Waals surface area contributed by atoms with Crippen molar-refractivity contribution in [3.8, 4) is 0 Å². The van der Waals surface area contributed by atoms with Gasteiger partial charge in [0.25, 0.3) is 5.69 Å². The fourth-order valence-corrected chi connectivity index (χ4v) is 1.50. The highest BCUT2D eigenvalue weighted by Gasteiger charge is 2.11. The van der Waals surface area contributed by atoms with Gasteiger partial charge in [0.2, 0.25) is 5.95 Å². The molecule has 2 aromatic rings. The minimum Gasteiger partial charge on any atom is -0.368 e. The number of aromatic nitrogens is 2. The Labute approximate surface area is 103 Å². The van der Waals surface area contributed by atoms with Crippen molar-refractivity contribution >= 4 is 17.5 Å². The first-order valence-electron chi connectivity index (χ1n) is 5.21. The molecule has 1 aromatic carbocycles. The Morgan fingerprint density at radius 1 is 1.33 bits per heavy atom. The van der Waals surface area contributed by atoms with Crippen LogP contribution in [0.4, 0.5) is 17.5 Å². The number of benzene rings is 1. The molecular weight excluding hydrogens is 234 g/mol. The van der Waals surface area contributed by atoms with Crippen LogP contribution in [0.3, 0.4) is 0 Å². The quantitative estimate of drug-likeness (QED) is 0.625. The van der Waals surface area contributed by atoms with Crippen LogP contribution in [-0.2, 0) is 6.54 Å². The Hall–Kier alpha value is -2.70. The molecular formula is C11H11N5O2. The molecule has 0 atom stereocenters. The predicted molar refractivity (Wildman–Crippen MR) is 66.9 cm³/mol. The number of rotatable bonds is 4. The number of nitrogens with zero attached hydrogens (tertiary/aromatic N) is 3. The molecule has 0 unspecified atom stereocenters. The summed E-state index contributed by atoms with van der Waals surface area (Å²) in [6.45, 7) is 0.299. The highest BCUT2D eigenvalue weighted by molar-refractivity contribution is 5.44. The van der Waals surface area contributed by atoms with Gasteiger partial charge in [-0.3, -0.25) is 10.1 Å². The molecule has 3 N–H and O–H groups in total. The van der Waals surface area contributed by atoms with Crippen LogP contribution in [0.2, 0.25) is 0 Å². The summed E-state index contributed by atoms with van der Waals surface area (Å²) in [4.78, 5) is 18.1. The van der Waals surface area contributed by atoms with Crippen molar-refractivity contribution in [2.24, 2.45) is 0 Å². The fourth-order valence-electron chi connectivity index (χ4n) is 1.50. The summed E-state index contributed by atoms with van der Waals surface area (Å²) in [5, 5.41) is 13.8. The molecule has 0 saturated carbocycles. The number of nitro benzene ring substituents is 1. The van der Waals surface area contributed by atoms with Crippen LogP contribution >= 0.6 is 0 Å². The first-order valence-corrected chi connectivity index (χ1v) is 5.21. The van der Waals surface area contributed by atoms with Gasteiger partial charge in [-0.15, -0.1) is 0 Å². The summed E-state index contributed by atoms with van der Waals surface area (Å²) in [5.41, 5.74) is 6.09. The first kappa shape index (κ1) is 11.8. The van der Waals surface area contributed by atoms with E-state index in [0.717, 1.165) is 0 Å². The lowest BCUT2D eigenvalue weighted by molar-refractivity contribution is -0.385. The van der Waals surface area contributed by atoms with E-state index >= 15 is 0 Å². The minimum atomic E-state index is -0.411. The summed E-state index contributed by atoms with van der Waals surface area (Å²) in [6, 6.07) is 8.18. The molecule has 7 nitrogen and oxygen atoms in total. The third kappa shape index (κ3) is 2.70. The molecule has 0 bridgehead atoms. The van der Waals surface area contributed by atoms with Crippen LogP contribution in [-0.4, -0.2) is 14.9 Å². The number of nitrogen functional groups attached to an aromatic ring is 1. The number of hydrogen-bond donors (Lipinski definition) is 2. The summed E-state index contributed by atoms with van der Waals surface area (Å²) in [5.74, 6) is 0.684. The maximum absolute atomic E-state index is 10.8. The Balaban J connectivity index is 2.13. The standard InChI is InChI=1S/C11H11N5O2/c12-11-13-6-5-10(15-11)14-7-8-3-1-2-4-9(8)16(17)18/h1-6H,7H2,(H3,12,13,14,15). The van der Waals surface area contributed by atoms with Crippen molar-refractivity contribution < 1.29 is 4.92 Å². The highest BCUT2D eigenvalue weighted by Crippen LogP contribution is 2.18. The van der Waals surface area contributed by atoms with Crippen molar-refractivity contribution in [3.63, 3.8) is 0 Å². The smallest absolute Gasteiger partial charge is 0.274 e. The molecule has 2 rings (SSSR count). The molecule has 0 saturated heterocycles. The van der Waals surface area contributed by atoms with E-state index in [9.17, 15) is 10.1 Å². The summed E-state index contributed by atoms with van der Waals surface area (Å²) in [7, 11) is 0. The molecule has 18 heavy (non-hydrogen) atoms. The van der Waals surface area contributed by atoms with Crippen LogP contribution in [0.1, 0.15) is 5.56 Å². The van der Waals surface area contributed by atoms with E-state index in [1.54, 1.807) is 24.3 Å². The molecule has 7 heteroatoms. The van der Waals surface area contributed by atoms with Crippen LogP contribution in [0.15, 0.2) is 36.5 Å². The van der Waals surface area contributed by atoms with Gasteiger partial charge in [0, 0.05) is 24.4 Å². The third-order valence-corrected chi connectivity index (χ3v) is 2.32.